The number of carboxylic acid groups (broad SMARTS) is 1. The summed E-state index contributed by atoms with van der Waals surface area (Å²) in [6, 6.07) is 4.83. The van der Waals surface area contributed by atoms with Gasteiger partial charge in [-0.25, -0.2) is 8.42 Å². The maximum Gasteiger partial charge on any atom is 0.417 e. The lowest BCUT2D eigenvalue weighted by atomic mass is 9.75. The number of carboxylic acids is 1. The van der Waals surface area contributed by atoms with Crippen molar-refractivity contribution in [1.82, 2.24) is 4.90 Å². The number of rotatable bonds is 7. The van der Waals surface area contributed by atoms with Crippen molar-refractivity contribution in [2.75, 3.05) is 45.2 Å². The number of likely N-dealkylation sites (N-methyl/N-ethyl adjacent to an activating group) is 1. The van der Waals surface area contributed by atoms with E-state index in [0.29, 0.717) is 26.2 Å². The first-order chi connectivity index (χ1) is 17.6. The standard InChI is InChI=1S/C24H29F3N4O6S/c1-30-5-7-31(8-6-30)14-3-4-17(16(9-14)24(25,26)27)38(35,36)15-10-19(37-2)23(11-15,21(33)34)18-12-22(18,13-28)20(29)32/h3-4,9,15,18-19H,5-8,10-12H2,1-2H3,(H2,29,32)(H,33,34)/t15-,18?,19+,22?,23+/m1/s1. The Bertz CT molecular complexity index is 1290. The largest absolute Gasteiger partial charge is 0.481 e. The SMILES string of the molecule is CO[C@H]1C[C@@H](S(=O)(=O)c2ccc(N3CCN(C)CC3)cc2C(F)(F)F)C[C@]1(C(=O)O)C1CC1(C#N)C(N)=O. The molecule has 3 N–H and O–H groups in total. The molecule has 3 fully saturated rings. The number of primary amides is 1. The first-order valence-corrected chi connectivity index (χ1v) is 13.6. The number of aliphatic carboxylic acids is 1. The Morgan fingerprint density at radius 1 is 1.21 bits per heavy atom. The molecule has 2 unspecified atom stereocenters. The highest BCUT2D eigenvalue weighted by molar-refractivity contribution is 7.92. The van der Waals surface area contributed by atoms with Crippen molar-refractivity contribution >= 4 is 27.4 Å². The van der Waals surface area contributed by atoms with E-state index in [4.69, 9.17) is 10.5 Å². The lowest BCUT2D eigenvalue weighted by Gasteiger charge is -2.34. The van der Waals surface area contributed by atoms with E-state index < -0.39 is 79.3 Å². The van der Waals surface area contributed by atoms with Crippen molar-refractivity contribution in [3.05, 3.63) is 23.8 Å². The first kappa shape index (κ1) is 28.1. The third kappa shape index (κ3) is 4.30. The van der Waals surface area contributed by atoms with Crippen LogP contribution >= 0.6 is 0 Å². The maximum absolute atomic E-state index is 14.2. The van der Waals surface area contributed by atoms with Gasteiger partial charge in [-0.2, -0.15) is 18.4 Å². The number of amides is 1. The molecule has 1 amide bonds. The third-order valence-corrected chi connectivity index (χ3v) is 10.6. The number of carbonyl (C=O) groups is 2. The summed E-state index contributed by atoms with van der Waals surface area (Å²) < 4.78 is 75.2. The average Bonchev–Trinajstić information content (AvgIpc) is 3.48. The normalized spacial score (nSPS) is 32.1. The Labute approximate surface area is 218 Å². The van der Waals surface area contributed by atoms with Crippen LogP contribution in [0, 0.1) is 28.1 Å². The van der Waals surface area contributed by atoms with Crippen LogP contribution in [-0.4, -0.2) is 82.0 Å². The fourth-order valence-electron chi connectivity index (χ4n) is 6.09. The highest BCUT2D eigenvalue weighted by Crippen LogP contribution is 2.66. The molecule has 208 valence electrons. The average molecular weight is 559 g/mol. The van der Waals surface area contributed by atoms with Crippen molar-refractivity contribution in [3.63, 3.8) is 0 Å². The van der Waals surface area contributed by atoms with Crippen LogP contribution in [0.25, 0.3) is 0 Å². The number of anilines is 1. The van der Waals surface area contributed by atoms with Gasteiger partial charge in [0.2, 0.25) is 5.91 Å². The lowest BCUT2D eigenvalue weighted by molar-refractivity contribution is -0.159. The second-order valence-corrected chi connectivity index (χ2v) is 12.5. The van der Waals surface area contributed by atoms with Crippen LogP contribution in [0.5, 0.6) is 0 Å². The summed E-state index contributed by atoms with van der Waals surface area (Å²) in [7, 11) is -1.66. The van der Waals surface area contributed by atoms with E-state index in [1.54, 1.807) is 11.0 Å². The molecule has 14 heteroatoms. The van der Waals surface area contributed by atoms with Crippen LogP contribution in [0.4, 0.5) is 18.9 Å². The van der Waals surface area contributed by atoms with Crippen LogP contribution in [0.15, 0.2) is 23.1 Å². The summed E-state index contributed by atoms with van der Waals surface area (Å²) in [6.45, 7) is 2.22. The number of carbonyl (C=O) groups excluding carboxylic acids is 1. The van der Waals surface area contributed by atoms with Crippen molar-refractivity contribution in [2.45, 2.75) is 41.7 Å². The Kier molecular flexibility index (Phi) is 6.95. The number of hydrogen-bond acceptors (Lipinski definition) is 8. The van der Waals surface area contributed by atoms with Crippen LogP contribution in [0.3, 0.4) is 0 Å². The van der Waals surface area contributed by atoms with E-state index in [0.717, 1.165) is 19.2 Å². The minimum Gasteiger partial charge on any atom is -0.481 e. The first-order valence-electron chi connectivity index (χ1n) is 12.0. The summed E-state index contributed by atoms with van der Waals surface area (Å²) in [5.74, 6) is -3.67. The summed E-state index contributed by atoms with van der Waals surface area (Å²) in [5.41, 5.74) is 0.475. The molecule has 38 heavy (non-hydrogen) atoms. The predicted octanol–water partition coefficient (Wildman–Crippen LogP) is 1.49. The van der Waals surface area contributed by atoms with Crippen molar-refractivity contribution in [3.8, 4) is 6.07 Å². The summed E-state index contributed by atoms with van der Waals surface area (Å²) in [4.78, 5) is 27.4. The number of piperazine rings is 1. The molecule has 1 saturated heterocycles. The van der Waals surface area contributed by atoms with Crippen LogP contribution in [0.2, 0.25) is 0 Å². The molecule has 0 radical (unpaired) electrons. The van der Waals surface area contributed by atoms with Crippen LogP contribution in [0.1, 0.15) is 24.8 Å². The van der Waals surface area contributed by atoms with Crippen LogP contribution in [-0.2, 0) is 30.3 Å². The molecule has 5 atom stereocenters. The number of methoxy groups -OCH3 is 1. The highest BCUT2D eigenvalue weighted by Gasteiger charge is 2.75. The number of hydrogen-bond donors (Lipinski definition) is 2. The molecular formula is C24H29F3N4O6S. The van der Waals surface area contributed by atoms with Gasteiger partial charge < -0.3 is 25.4 Å². The number of nitrogens with two attached hydrogens (primary N) is 1. The molecule has 3 aliphatic rings. The van der Waals surface area contributed by atoms with Gasteiger partial charge in [0.05, 0.1) is 27.9 Å². The summed E-state index contributed by atoms with van der Waals surface area (Å²) in [6.07, 6.45) is -7.50. The zero-order chi connectivity index (χ0) is 28.3. The molecular weight excluding hydrogens is 529 g/mol. The van der Waals surface area contributed by atoms with Crippen molar-refractivity contribution in [2.24, 2.45) is 22.5 Å². The molecule has 0 bridgehead atoms. The van der Waals surface area contributed by atoms with Gasteiger partial charge in [-0.05, 0) is 44.5 Å². The quantitative estimate of drug-likeness (QED) is 0.507. The van der Waals surface area contributed by atoms with E-state index >= 15 is 0 Å². The molecule has 1 aliphatic heterocycles. The van der Waals surface area contributed by atoms with E-state index in [-0.39, 0.29) is 12.1 Å². The fraction of sp³-hybridized carbons (Fsp3) is 0.625. The number of nitrogens with zero attached hydrogens (tertiary/aromatic N) is 3. The molecule has 2 aliphatic carbocycles. The Hall–Kier alpha value is -2.89. The molecule has 1 aromatic rings. The Balaban J connectivity index is 1.74. The van der Waals surface area contributed by atoms with E-state index in [1.165, 1.54) is 6.07 Å². The van der Waals surface area contributed by atoms with Gasteiger partial charge in [0.1, 0.15) is 10.8 Å². The summed E-state index contributed by atoms with van der Waals surface area (Å²) >= 11 is 0. The second kappa shape index (κ2) is 9.39. The van der Waals surface area contributed by atoms with Gasteiger partial charge in [-0.15, -0.1) is 0 Å². The molecule has 10 nitrogen and oxygen atoms in total. The number of nitriles is 1. The molecule has 2 saturated carbocycles. The van der Waals surface area contributed by atoms with Gasteiger partial charge in [0.15, 0.2) is 9.84 Å². The minimum absolute atomic E-state index is 0.203. The fourth-order valence-corrected chi connectivity index (χ4v) is 8.11. The topological polar surface area (TPSA) is 154 Å². The number of halogens is 3. The van der Waals surface area contributed by atoms with Crippen molar-refractivity contribution in [1.29, 1.82) is 5.26 Å². The maximum atomic E-state index is 14.2. The van der Waals surface area contributed by atoms with Gasteiger partial charge in [0, 0.05) is 44.9 Å². The smallest absolute Gasteiger partial charge is 0.417 e. The van der Waals surface area contributed by atoms with Crippen molar-refractivity contribution < 1.29 is 41.0 Å². The number of alkyl halides is 3. The Morgan fingerprint density at radius 2 is 1.84 bits per heavy atom. The van der Waals surface area contributed by atoms with Gasteiger partial charge >= 0.3 is 12.1 Å². The number of ether oxygens (including phenoxy) is 1. The van der Waals surface area contributed by atoms with E-state index in [2.05, 4.69) is 0 Å². The monoisotopic (exact) mass is 558 g/mol. The van der Waals surface area contributed by atoms with E-state index in [9.17, 15) is 41.5 Å². The minimum atomic E-state index is -4.99. The molecule has 0 spiro atoms. The lowest BCUT2D eigenvalue weighted by Crippen LogP contribution is -2.44. The molecule has 0 aromatic heterocycles. The molecule has 1 aromatic carbocycles. The molecule has 4 rings (SSSR count). The number of sulfone groups is 1. The zero-order valence-electron chi connectivity index (χ0n) is 20.9. The second-order valence-electron chi connectivity index (χ2n) is 10.3. The van der Waals surface area contributed by atoms with Gasteiger partial charge in [-0.3, -0.25) is 9.59 Å². The molecule has 1 heterocycles. The highest BCUT2D eigenvalue weighted by atomic mass is 32.2. The predicted molar refractivity (Wildman–Crippen MR) is 128 cm³/mol. The zero-order valence-corrected chi connectivity index (χ0v) is 21.7. The summed E-state index contributed by atoms with van der Waals surface area (Å²) in [5, 5.41) is 18.2. The van der Waals surface area contributed by atoms with Gasteiger partial charge in [-0.1, -0.05) is 0 Å². The van der Waals surface area contributed by atoms with Crippen LogP contribution < -0.4 is 10.6 Å². The Morgan fingerprint density at radius 3 is 2.32 bits per heavy atom. The third-order valence-electron chi connectivity index (χ3n) is 8.40. The van der Waals surface area contributed by atoms with Gasteiger partial charge in [0.25, 0.3) is 0 Å². The van der Waals surface area contributed by atoms with E-state index in [1.807, 2.05) is 11.9 Å². The number of benzene rings is 1.